The van der Waals surface area contributed by atoms with Crippen molar-refractivity contribution >= 4 is 47.6 Å². The van der Waals surface area contributed by atoms with Gasteiger partial charge in [-0.1, -0.05) is 58.0 Å². The quantitative estimate of drug-likeness (QED) is 0.0477. The molecule has 1 aliphatic heterocycles. The molecule has 12 heteroatoms. The van der Waals surface area contributed by atoms with Gasteiger partial charge < -0.3 is 35.3 Å². The van der Waals surface area contributed by atoms with E-state index in [1.165, 1.54) is 11.8 Å². The minimum Gasteiger partial charge on any atom is -0.476 e. The number of fused-ring (bicyclic) bond motifs is 3. The number of hydrogen-bond acceptors (Lipinski definition) is 11. The number of carboxylic acids is 1. The molecule has 2 fully saturated rings. The number of carbonyl (C=O) groups excluding carboxylic acids is 1. The van der Waals surface area contributed by atoms with Crippen LogP contribution < -0.4 is 15.5 Å². The topological polar surface area (TPSA) is 151 Å². The number of allylic oxidation sites excluding steroid dienone is 2. The number of carboxylic acid groups (broad SMARTS) is 1. The highest BCUT2D eigenvalue weighted by Crippen LogP contribution is 2.62. The molecule has 0 saturated heterocycles. The maximum Gasteiger partial charge on any atom is 0.355 e. The van der Waals surface area contributed by atoms with Gasteiger partial charge in [-0.05, 0) is 115 Å². The summed E-state index contributed by atoms with van der Waals surface area (Å²) in [5.74, 6) is 0.00479. The van der Waals surface area contributed by atoms with Crippen LogP contribution in [0.5, 0.6) is 0 Å². The van der Waals surface area contributed by atoms with Crippen molar-refractivity contribution in [1.82, 2.24) is 15.2 Å². The van der Waals surface area contributed by atoms with Crippen LogP contribution >= 0.6 is 12.0 Å². The molecular formula is C46H62N6O5S. The molecule has 2 aliphatic carbocycles. The highest BCUT2D eigenvalue weighted by Gasteiger charge is 2.58. The Bertz CT molecular complexity index is 2000. The van der Waals surface area contributed by atoms with Crippen molar-refractivity contribution in [2.24, 2.45) is 16.2 Å². The molecule has 1 aromatic heterocycles. The maximum atomic E-state index is 12.7. The second-order valence-corrected chi connectivity index (χ2v) is 19.1. The van der Waals surface area contributed by atoms with Crippen LogP contribution in [-0.2, 0) is 24.2 Å². The maximum absolute atomic E-state index is 12.7. The predicted octanol–water partition coefficient (Wildman–Crippen LogP) is 8.65. The number of nitrogens with zero attached hydrogens (tertiary/aromatic N) is 3. The summed E-state index contributed by atoms with van der Waals surface area (Å²) in [7, 11) is 1.92. The normalized spacial score (nSPS) is 24.1. The largest absolute Gasteiger partial charge is 0.476 e. The zero-order chi connectivity index (χ0) is 41.7. The third-order valence-corrected chi connectivity index (χ3v) is 12.8. The van der Waals surface area contributed by atoms with Crippen molar-refractivity contribution in [2.45, 2.75) is 91.8 Å². The highest BCUT2D eigenvalue weighted by molar-refractivity contribution is 7.93. The third-order valence-electron chi connectivity index (χ3n) is 12.5. The van der Waals surface area contributed by atoms with Gasteiger partial charge in [0.05, 0.1) is 12.2 Å². The van der Waals surface area contributed by atoms with Crippen LogP contribution in [0.1, 0.15) is 110 Å². The van der Waals surface area contributed by atoms with Crippen molar-refractivity contribution in [3.05, 3.63) is 93.8 Å². The van der Waals surface area contributed by atoms with Gasteiger partial charge in [0, 0.05) is 86.4 Å². The van der Waals surface area contributed by atoms with Crippen molar-refractivity contribution in [3.63, 3.8) is 0 Å². The summed E-state index contributed by atoms with van der Waals surface area (Å²) in [5, 5.41) is 25.7. The number of pyridine rings is 1. The molecule has 2 heterocycles. The summed E-state index contributed by atoms with van der Waals surface area (Å²) in [4.78, 5) is 33.5. The van der Waals surface area contributed by atoms with E-state index in [1.54, 1.807) is 6.07 Å². The lowest BCUT2D eigenvalue weighted by Crippen LogP contribution is -2.58. The fraction of sp³-hybridized carbons (Fsp3) is 0.522. The summed E-state index contributed by atoms with van der Waals surface area (Å²) in [6, 6.07) is 17.8. The fourth-order valence-electron chi connectivity index (χ4n) is 11.0. The molecule has 0 radical (unpaired) electrons. The van der Waals surface area contributed by atoms with E-state index in [-0.39, 0.29) is 27.5 Å². The van der Waals surface area contributed by atoms with Crippen molar-refractivity contribution in [1.29, 1.82) is 5.41 Å². The average Bonchev–Trinajstić information content (AvgIpc) is 3.17. The minimum atomic E-state index is -1.16. The van der Waals surface area contributed by atoms with Crippen molar-refractivity contribution < 1.29 is 24.0 Å². The van der Waals surface area contributed by atoms with E-state index in [0.29, 0.717) is 54.5 Å². The van der Waals surface area contributed by atoms with Gasteiger partial charge in [0.15, 0.2) is 5.69 Å². The SMILES string of the molecule is CNc1ccc(CN(CCOC23CC(C)(C)CC(C)(CC(C)(CN/C(C)=C(\C=N)c4ccc(N5CCc6cccc(C=O)c6C5)nc4C(=O)O)C2)C3)CCSO)cc1. The molecule has 3 aliphatic rings. The Morgan fingerprint density at radius 3 is 2.50 bits per heavy atom. The second kappa shape index (κ2) is 17.9. The smallest absolute Gasteiger partial charge is 0.355 e. The molecule has 0 amide bonds. The molecule has 2 bridgehead atoms. The van der Waals surface area contributed by atoms with E-state index >= 15 is 0 Å². The van der Waals surface area contributed by atoms with E-state index in [9.17, 15) is 19.2 Å². The zero-order valence-electron chi connectivity index (χ0n) is 35.1. The number of aromatic carboxylic acids is 1. The molecule has 2 saturated carbocycles. The van der Waals surface area contributed by atoms with Crippen LogP contribution in [0, 0.1) is 21.7 Å². The van der Waals surface area contributed by atoms with Crippen molar-refractivity contribution in [3.8, 4) is 0 Å². The molecule has 3 aromatic rings. The minimum absolute atomic E-state index is 0.0817. The number of carbonyl (C=O) groups is 2. The molecule has 58 heavy (non-hydrogen) atoms. The van der Waals surface area contributed by atoms with Gasteiger partial charge in [-0.15, -0.1) is 0 Å². The van der Waals surface area contributed by atoms with E-state index in [2.05, 4.69) is 72.5 Å². The lowest BCUT2D eigenvalue weighted by molar-refractivity contribution is -0.191. The van der Waals surface area contributed by atoms with Gasteiger partial charge in [-0.25, -0.2) is 9.78 Å². The number of hydrogen-bond donors (Lipinski definition) is 5. The fourth-order valence-corrected chi connectivity index (χ4v) is 11.3. The standard InChI is InChI=1S/C46H62N6O5S/c1-32(38(22-47)37-14-15-40(50-41(37)42(54)55)52-17-16-34-8-7-9-35(25-53)39(34)24-52)49-31-45(5)28-44(4)26-43(2,3)27-46(29-44,30-45)57-20-18-51(19-21-58-56)23-33-10-12-36(48-6)13-11-33/h7-15,22,25,47-49,56H,16-21,23-24,26-31H2,1-6H3,(H,54,55)/b38-32+,47-22?. The van der Waals surface area contributed by atoms with Crippen LogP contribution in [0.15, 0.2) is 60.3 Å². The van der Waals surface area contributed by atoms with Gasteiger partial charge in [0.1, 0.15) is 12.1 Å². The highest BCUT2D eigenvalue weighted by atomic mass is 32.2. The van der Waals surface area contributed by atoms with Gasteiger partial charge in [0.25, 0.3) is 0 Å². The Morgan fingerprint density at radius 2 is 1.81 bits per heavy atom. The van der Waals surface area contributed by atoms with E-state index in [4.69, 9.17) is 10.1 Å². The molecule has 312 valence electrons. The zero-order valence-corrected chi connectivity index (χ0v) is 35.9. The Balaban J connectivity index is 1.18. The summed E-state index contributed by atoms with van der Waals surface area (Å²) >= 11 is 0.876. The number of rotatable bonds is 18. The van der Waals surface area contributed by atoms with Gasteiger partial charge >= 0.3 is 5.97 Å². The molecule has 0 spiro atoms. The second-order valence-electron chi connectivity index (χ2n) is 18.4. The summed E-state index contributed by atoms with van der Waals surface area (Å²) < 4.78 is 16.7. The average molecular weight is 811 g/mol. The molecule has 3 atom stereocenters. The molecule has 3 unspecified atom stereocenters. The number of aromatic nitrogens is 1. The van der Waals surface area contributed by atoms with Crippen LogP contribution in [0.3, 0.4) is 0 Å². The molecule has 11 nitrogen and oxygen atoms in total. The summed E-state index contributed by atoms with van der Waals surface area (Å²) in [6.07, 6.45) is 7.84. The first-order valence-electron chi connectivity index (χ1n) is 20.5. The van der Waals surface area contributed by atoms with Gasteiger partial charge in [-0.3, -0.25) is 9.69 Å². The van der Waals surface area contributed by atoms with Crippen LogP contribution in [0.4, 0.5) is 11.5 Å². The molecule has 6 rings (SSSR count). The third kappa shape index (κ3) is 10.1. The number of ether oxygens (including phenoxy) is 1. The molecule has 5 N–H and O–H groups in total. The lowest BCUT2D eigenvalue weighted by atomic mass is 9.48. The number of anilines is 2. The van der Waals surface area contributed by atoms with Gasteiger partial charge in [-0.2, -0.15) is 0 Å². The molecule has 2 aromatic carbocycles. The van der Waals surface area contributed by atoms with E-state index in [1.807, 2.05) is 43.1 Å². The number of benzene rings is 2. The first-order valence-corrected chi connectivity index (χ1v) is 21.5. The van der Waals surface area contributed by atoms with Crippen molar-refractivity contribution in [2.75, 3.05) is 55.8 Å². The Labute approximate surface area is 348 Å². The van der Waals surface area contributed by atoms with Crippen LogP contribution in [-0.4, -0.2) is 89.2 Å². The van der Waals surface area contributed by atoms with E-state index < -0.39 is 5.97 Å². The number of aldehydes is 1. The van der Waals surface area contributed by atoms with Crippen LogP contribution in [0.25, 0.3) is 5.57 Å². The first kappa shape index (κ1) is 43.4. The number of nitrogens with one attached hydrogen (secondary N) is 3. The molecular weight excluding hydrogens is 749 g/mol. The Hall–Kier alpha value is -4.23. The van der Waals surface area contributed by atoms with Crippen LogP contribution in [0.2, 0.25) is 0 Å². The lowest BCUT2D eigenvalue weighted by Gasteiger charge is -2.61. The van der Waals surface area contributed by atoms with E-state index in [0.717, 1.165) is 99.0 Å². The Kier molecular flexibility index (Phi) is 13.4. The Morgan fingerprint density at radius 1 is 1.03 bits per heavy atom. The predicted molar refractivity (Wildman–Crippen MR) is 235 cm³/mol. The summed E-state index contributed by atoms with van der Waals surface area (Å²) in [5.41, 5.74) is 6.32. The monoisotopic (exact) mass is 810 g/mol. The first-order chi connectivity index (χ1) is 27.6. The summed E-state index contributed by atoms with van der Waals surface area (Å²) in [6.45, 7) is 16.1. The van der Waals surface area contributed by atoms with Gasteiger partial charge in [0.2, 0.25) is 0 Å².